The molecule has 1 aromatic rings. The maximum absolute atomic E-state index is 12.1. The summed E-state index contributed by atoms with van der Waals surface area (Å²) >= 11 is 0. The fourth-order valence-electron chi connectivity index (χ4n) is 2.57. The standard InChI is InChI=1S/C17H24N2O3.ClH/c1-22-15-8-6-14(7-9-15)16(20)4-2-5-17(21)19-12-3-10-18-11-13-19;/h6-9,18H,2-5,10-13H2,1H3;1H. The van der Waals surface area contributed by atoms with Crippen LogP contribution in [0.25, 0.3) is 0 Å². The predicted octanol–water partition coefficient (Wildman–Crippen LogP) is 2.29. The number of nitrogens with one attached hydrogen (secondary N) is 1. The van der Waals surface area contributed by atoms with E-state index in [1.165, 1.54) is 0 Å². The summed E-state index contributed by atoms with van der Waals surface area (Å²) in [6.45, 7) is 3.42. The van der Waals surface area contributed by atoms with E-state index in [-0.39, 0.29) is 24.1 Å². The number of carbonyl (C=O) groups is 2. The Bertz CT molecular complexity index is 497. The van der Waals surface area contributed by atoms with Gasteiger partial charge in [-0.25, -0.2) is 0 Å². The first kappa shape index (κ1) is 19.5. The van der Waals surface area contributed by atoms with Gasteiger partial charge in [-0.1, -0.05) is 0 Å². The molecular formula is C17H25ClN2O3. The first-order chi connectivity index (χ1) is 10.7. The molecule has 0 atom stereocenters. The summed E-state index contributed by atoms with van der Waals surface area (Å²) in [4.78, 5) is 26.1. The number of amides is 1. The zero-order valence-corrected chi connectivity index (χ0v) is 14.4. The number of benzene rings is 1. The minimum atomic E-state index is 0. The van der Waals surface area contributed by atoms with E-state index in [0.29, 0.717) is 24.8 Å². The average Bonchev–Trinajstić information content (AvgIpc) is 2.84. The molecule has 6 heteroatoms. The molecule has 0 bridgehead atoms. The van der Waals surface area contributed by atoms with Crippen molar-refractivity contribution >= 4 is 24.1 Å². The Morgan fingerprint density at radius 2 is 1.87 bits per heavy atom. The van der Waals surface area contributed by atoms with Crippen molar-refractivity contribution in [1.82, 2.24) is 10.2 Å². The molecule has 1 heterocycles. The van der Waals surface area contributed by atoms with Gasteiger partial charge in [-0.15, -0.1) is 12.4 Å². The summed E-state index contributed by atoms with van der Waals surface area (Å²) in [6, 6.07) is 7.10. The fraction of sp³-hybridized carbons (Fsp3) is 0.529. The van der Waals surface area contributed by atoms with Gasteiger partial charge < -0.3 is 15.0 Å². The SMILES string of the molecule is COc1ccc(C(=O)CCCC(=O)N2CCCNCC2)cc1.Cl. The van der Waals surface area contributed by atoms with E-state index in [1.807, 2.05) is 4.90 Å². The Morgan fingerprint density at radius 1 is 1.13 bits per heavy atom. The Hall–Kier alpha value is -1.59. The van der Waals surface area contributed by atoms with Crippen molar-refractivity contribution in [2.24, 2.45) is 0 Å². The zero-order valence-electron chi connectivity index (χ0n) is 13.5. The highest BCUT2D eigenvalue weighted by atomic mass is 35.5. The van der Waals surface area contributed by atoms with Crippen LogP contribution >= 0.6 is 12.4 Å². The third kappa shape index (κ3) is 6.20. The average molecular weight is 341 g/mol. The number of methoxy groups -OCH3 is 1. The van der Waals surface area contributed by atoms with Gasteiger partial charge in [0.1, 0.15) is 5.75 Å². The molecule has 5 nitrogen and oxygen atoms in total. The lowest BCUT2D eigenvalue weighted by molar-refractivity contribution is -0.131. The Morgan fingerprint density at radius 3 is 2.57 bits per heavy atom. The van der Waals surface area contributed by atoms with E-state index in [4.69, 9.17) is 4.74 Å². The third-order valence-corrected chi connectivity index (χ3v) is 3.90. The summed E-state index contributed by atoms with van der Waals surface area (Å²) in [5.74, 6) is 0.973. The molecule has 1 amide bonds. The smallest absolute Gasteiger partial charge is 0.222 e. The van der Waals surface area contributed by atoms with Crippen LogP contribution in [-0.4, -0.2) is 49.9 Å². The summed E-state index contributed by atoms with van der Waals surface area (Å²) in [5, 5.41) is 3.28. The number of rotatable bonds is 6. The molecule has 128 valence electrons. The van der Waals surface area contributed by atoms with Crippen molar-refractivity contribution in [3.63, 3.8) is 0 Å². The van der Waals surface area contributed by atoms with Crippen LogP contribution in [0.5, 0.6) is 5.75 Å². The van der Waals surface area contributed by atoms with Crippen LogP contribution in [0.15, 0.2) is 24.3 Å². The van der Waals surface area contributed by atoms with Gasteiger partial charge in [-0.2, -0.15) is 0 Å². The summed E-state index contributed by atoms with van der Waals surface area (Å²) < 4.78 is 5.07. The summed E-state index contributed by atoms with van der Waals surface area (Å²) in [6.07, 6.45) is 2.45. The fourth-order valence-corrected chi connectivity index (χ4v) is 2.57. The number of hydrogen-bond donors (Lipinski definition) is 1. The first-order valence-corrected chi connectivity index (χ1v) is 7.86. The Labute approximate surface area is 143 Å². The van der Waals surface area contributed by atoms with Crippen LogP contribution < -0.4 is 10.1 Å². The van der Waals surface area contributed by atoms with Gasteiger partial charge in [0.25, 0.3) is 0 Å². The van der Waals surface area contributed by atoms with Gasteiger partial charge in [0.2, 0.25) is 5.91 Å². The van der Waals surface area contributed by atoms with Crippen LogP contribution in [0.3, 0.4) is 0 Å². The highest BCUT2D eigenvalue weighted by Crippen LogP contribution is 2.14. The number of carbonyl (C=O) groups excluding carboxylic acids is 2. The number of nitrogens with zero attached hydrogens (tertiary/aromatic N) is 1. The molecule has 0 unspecified atom stereocenters. The molecule has 2 rings (SSSR count). The van der Waals surface area contributed by atoms with E-state index in [2.05, 4.69) is 5.32 Å². The number of Topliss-reactive ketones (excluding diaryl/α,β-unsaturated/α-hetero) is 1. The number of halogens is 1. The molecular weight excluding hydrogens is 316 g/mol. The van der Waals surface area contributed by atoms with E-state index in [9.17, 15) is 9.59 Å². The van der Waals surface area contributed by atoms with Crippen molar-refractivity contribution in [2.45, 2.75) is 25.7 Å². The molecule has 1 saturated heterocycles. The quantitative estimate of drug-likeness (QED) is 0.807. The molecule has 1 fully saturated rings. The van der Waals surface area contributed by atoms with Crippen LogP contribution in [-0.2, 0) is 4.79 Å². The van der Waals surface area contributed by atoms with E-state index >= 15 is 0 Å². The Balaban J connectivity index is 0.00000264. The monoisotopic (exact) mass is 340 g/mol. The minimum Gasteiger partial charge on any atom is -0.497 e. The highest BCUT2D eigenvalue weighted by molar-refractivity contribution is 5.96. The second kappa shape index (κ2) is 10.2. The third-order valence-electron chi connectivity index (χ3n) is 3.90. The molecule has 1 aromatic carbocycles. The van der Waals surface area contributed by atoms with Crippen LogP contribution in [0.4, 0.5) is 0 Å². The van der Waals surface area contributed by atoms with Gasteiger partial charge >= 0.3 is 0 Å². The zero-order chi connectivity index (χ0) is 15.8. The minimum absolute atomic E-state index is 0. The van der Waals surface area contributed by atoms with Crippen molar-refractivity contribution in [3.8, 4) is 5.75 Å². The number of hydrogen-bond acceptors (Lipinski definition) is 4. The van der Waals surface area contributed by atoms with Gasteiger partial charge in [-0.3, -0.25) is 9.59 Å². The lowest BCUT2D eigenvalue weighted by Gasteiger charge is -2.19. The van der Waals surface area contributed by atoms with Gasteiger partial charge in [0.15, 0.2) is 5.78 Å². The van der Waals surface area contributed by atoms with Gasteiger partial charge in [0.05, 0.1) is 7.11 Å². The maximum Gasteiger partial charge on any atom is 0.222 e. The predicted molar refractivity (Wildman–Crippen MR) is 92.5 cm³/mol. The summed E-state index contributed by atoms with van der Waals surface area (Å²) in [5.41, 5.74) is 0.673. The van der Waals surface area contributed by atoms with Crippen molar-refractivity contribution in [1.29, 1.82) is 0 Å². The molecule has 0 saturated carbocycles. The van der Waals surface area contributed by atoms with E-state index < -0.39 is 0 Å². The Kier molecular flexibility index (Phi) is 8.66. The molecule has 1 aliphatic heterocycles. The van der Waals surface area contributed by atoms with Crippen molar-refractivity contribution < 1.29 is 14.3 Å². The molecule has 23 heavy (non-hydrogen) atoms. The number of ketones is 1. The van der Waals surface area contributed by atoms with Crippen LogP contribution in [0.2, 0.25) is 0 Å². The molecule has 0 radical (unpaired) electrons. The van der Waals surface area contributed by atoms with Crippen molar-refractivity contribution in [2.75, 3.05) is 33.3 Å². The largest absolute Gasteiger partial charge is 0.497 e. The maximum atomic E-state index is 12.1. The summed E-state index contributed by atoms with van der Waals surface area (Å²) in [7, 11) is 1.60. The van der Waals surface area contributed by atoms with E-state index in [0.717, 1.165) is 38.3 Å². The molecule has 0 aliphatic carbocycles. The van der Waals surface area contributed by atoms with Gasteiger partial charge in [-0.05, 0) is 43.7 Å². The molecule has 1 N–H and O–H groups in total. The van der Waals surface area contributed by atoms with Crippen LogP contribution in [0, 0.1) is 0 Å². The number of ether oxygens (including phenoxy) is 1. The molecule has 0 aromatic heterocycles. The van der Waals surface area contributed by atoms with Gasteiger partial charge in [0, 0.05) is 38.0 Å². The lowest BCUT2D eigenvalue weighted by atomic mass is 10.1. The van der Waals surface area contributed by atoms with Crippen LogP contribution in [0.1, 0.15) is 36.0 Å². The highest BCUT2D eigenvalue weighted by Gasteiger charge is 2.15. The van der Waals surface area contributed by atoms with Crippen molar-refractivity contribution in [3.05, 3.63) is 29.8 Å². The first-order valence-electron chi connectivity index (χ1n) is 7.86. The second-order valence-electron chi connectivity index (χ2n) is 5.49. The molecule has 1 aliphatic rings. The second-order valence-corrected chi connectivity index (χ2v) is 5.49. The van der Waals surface area contributed by atoms with E-state index in [1.54, 1.807) is 31.4 Å². The molecule has 0 spiro atoms. The lowest BCUT2D eigenvalue weighted by Crippen LogP contribution is -2.34. The topological polar surface area (TPSA) is 58.6 Å². The normalized spacial score (nSPS) is 14.6.